The van der Waals surface area contributed by atoms with Gasteiger partial charge >= 0.3 is 0 Å². The van der Waals surface area contributed by atoms with Crippen molar-refractivity contribution in [3.05, 3.63) is 71.7 Å². The second kappa shape index (κ2) is 8.68. The minimum absolute atomic E-state index is 0.108. The number of hydrogen-bond acceptors (Lipinski definition) is 5. The van der Waals surface area contributed by atoms with Crippen LogP contribution in [0.25, 0.3) is 11.1 Å². The number of benzene rings is 1. The van der Waals surface area contributed by atoms with Gasteiger partial charge in [-0.15, -0.1) is 11.8 Å². The molecule has 138 valence electrons. The van der Waals surface area contributed by atoms with Crippen LogP contribution in [0.15, 0.2) is 59.8 Å². The van der Waals surface area contributed by atoms with Gasteiger partial charge in [0.2, 0.25) is 5.88 Å². The first kappa shape index (κ1) is 18.9. The highest BCUT2D eigenvalue weighted by molar-refractivity contribution is 7.98. The number of aryl methyl sites for hydroxylation is 1. The molecule has 0 atom stereocenters. The topological polar surface area (TPSA) is 64.1 Å². The lowest BCUT2D eigenvalue weighted by Crippen LogP contribution is -2.23. The van der Waals surface area contributed by atoms with Crippen molar-refractivity contribution in [2.75, 3.05) is 13.4 Å². The molecule has 0 aliphatic heterocycles. The first-order chi connectivity index (χ1) is 13.1. The number of carbonyl (C=O) groups excluding carboxylic acids is 1. The second-order valence-corrected chi connectivity index (χ2v) is 6.84. The van der Waals surface area contributed by atoms with Gasteiger partial charge in [-0.2, -0.15) is 0 Å². The average molecular weight is 379 g/mol. The molecule has 0 saturated carbocycles. The average Bonchev–Trinajstić information content (AvgIpc) is 2.72. The van der Waals surface area contributed by atoms with Gasteiger partial charge in [0, 0.05) is 28.9 Å². The zero-order chi connectivity index (χ0) is 19.2. The van der Waals surface area contributed by atoms with Crippen LogP contribution in [-0.2, 0) is 6.54 Å². The van der Waals surface area contributed by atoms with E-state index in [1.165, 1.54) is 5.56 Å². The highest BCUT2D eigenvalue weighted by atomic mass is 32.2. The Morgan fingerprint density at radius 3 is 2.56 bits per heavy atom. The molecule has 2 aromatic heterocycles. The molecule has 3 rings (SSSR count). The van der Waals surface area contributed by atoms with Gasteiger partial charge in [-0.05, 0) is 60.2 Å². The molecular formula is C21H21N3O2S. The molecule has 0 spiro atoms. The molecule has 0 saturated heterocycles. The van der Waals surface area contributed by atoms with E-state index in [1.54, 1.807) is 31.3 Å². The highest BCUT2D eigenvalue weighted by Crippen LogP contribution is 2.23. The maximum Gasteiger partial charge on any atom is 0.251 e. The number of nitrogens with one attached hydrogen (secondary N) is 1. The van der Waals surface area contributed by atoms with Crippen molar-refractivity contribution in [2.24, 2.45) is 0 Å². The molecule has 0 fully saturated rings. The summed E-state index contributed by atoms with van der Waals surface area (Å²) in [5, 5.41) is 2.94. The summed E-state index contributed by atoms with van der Waals surface area (Å²) in [4.78, 5) is 22.0. The Kier molecular flexibility index (Phi) is 6.08. The van der Waals surface area contributed by atoms with E-state index in [0.29, 0.717) is 18.0 Å². The highest BCUT2D eigenvalue weighted by Gasteiger charge is 2.09. The van der Waals surface area contributed by atoms with Crippen molar-refractivity contribution in [3.8, 4) is 17.0 Å². The molecule has 5 nitrogen and oxygen atoms in total. The van der Waals surface area contributed by atoms with E-state index in [2.05, 4.69) is 15.3 Å². The van der Waals surface area contributed by atoms with Crippen LogP contribution in [0.4, 0.5) is 0 Å². The van der Waals surface area contributed by atoms with Gasteiger partial charge in [0.25, 0.3) is 5.91 Å². The van der Waals surface area contributed by atoms with E-state index in [0.717, 1.165) is 21.7 Å². The molecule has 1 N–H and O–H groups in total. The Morgan fingerprint density at radius 1 is 1.07 bits per heavy atom. The number of amides is 1. The van der Waals surface area contributed by atoms with Crippen LogP contribution in [0.1, 0.15) is 21.6 Å². The van der Waals surface area contributed by atoms with Gasteiger partial charge in [0.15, 0.2) is 0 Å². The molecule has 1 aromatic carbocycles. The third kappa shape index (κ3) is 4.65. The Balaban J connectivity index is 1.72. The summed E-state index contributed by atoms with van der Waals surface area (Å²) in [6.07, 6.45) is 5.45. The van der Waals surface area contributed by atoms with Crippen LogP contribution in [0, 0.1) is 6.92 Å². The van der Waals surface area contributed by atoms with Gasteiger partial charge in [-0.25, -0.2) is 4.98 Å². The molecule has 0 aliphatic rings. The third-order valence-corrected chi connectivity index (χ3v) is 5.07. The molecule has 3 aromatic rings. The fourth-order valence-corrected chi connectivity index (χ4v) is 3.32. The molecule has 0 bridgehead atoms. The Bertz CT molecular complexity index is 960. The summed E-state index contributed by atoms with van der Waals surface area (Å²) in [6.45, 7) is 2.40. The number of nitrogens with zero attached hydrogens (tertiary/aromatic N) is 2. The van der Waals surface area contributed by atoms with Crippen LogP contribution in [-0.4, -0.2) is 29.2 Å². The summed E-state index contributed by atoms with van der Waals surface area (Å²) < 4.78 is 5.18. The number of rotatable bonds is 6. The van der Waals surface area contributed by atoms with Gasteiger partial charge in [-0.1, -0.05) is 6.07 Å². The molecule has 0 radical (unpaired) electrons. The van der Waals surface area contributed by atoms with Crippen molar-refractivity contribution in [2.45, 2.75) is 18.4 Å². The van der Waals surface area contributed by atoms with Crippen LogP contribution in [0.5, 0.6) is 5.88 Å². The lowest BCUT2D eigenvalue weighted by molar-refractivity contribution is 0.0950. The third-order valence-electron chi connectivity index (χ3n) is 4.19. The van der Waals surface area contributed by atoms with Crippen LogP contribution in [0.2, 0.25) is 0 Å². The number of pyridine rings is 2. The fourth-order valence-electron chi connectivity index (χ4n) is 2.69. The molecular weight excluding hydrogens is 358 g/mol. The van der Waals surface area contributed by atoms with E-state index in [-0.39, 0.29) is 5.91 Å². The zero-order valence-corrected chi connectivity index (χ0v) is 16.3. The largest absolute Gasteiger partial charge is 0.481 e. The fraction of sp³-hybridized carbons (Fsp3) is 0.190. The van der Waals surface area contributed by atoms with Crippen LogP contribution in [0.3, 0.4) is 0 Å². The van der Waals surface area contributed by atoms with Crippen LogP contribution < -0.4 is 10.1 Å². The van der Waals surface area contributed by atoms with Gasteiger partial charge in [0.1, 0.15) is 0 Å². The van der Waals surface area contributed by atoms with Gasteiger partial charge in [0.05, 0.1) is 19.3 Å². The van der Waals surface area contributed by atoms with E-state index < -0.39 is 0 Å². The van der Waals surface area contributed by atoms with Crippen molar-refractivity contribution in [3.63, 3.8) is 0 Å². The SMILES string of the molecule is COc1cc(-c2ccnc(CNC(=O)c3ccc(C)c(SC)c3)c2)ccn1. The predicted molar refractivity (Wildman–Crippen MR) is 108 cm³/mol. The Labute approximate surface area is 163 Å². The summed E-state index contributed by atoms with van der Waals surface area (Å²) in [5.74, 6) is 0.450. The summed E-state index contributed by atoms with van der Waals surface area (Å²) in [7, 11) is 1.59. The predicted octanol–water partition coefficient (Wildman–Crippen LogP) is 4.11. The maximum absolute atomic E-state index is 12.5. The number of aromatic nitrogens is 2. The van der Waals surface area contributed by atoms with E-state index in [1.807, 2.05) is 55.6 Å². The molecule has 27 heavy (non-hydrogen) atoms. The summed E-state index contributed by atoms with van der Waals surface area (Å²) in [6, 6.07) is 13.4. The number of hydrogen-bond donors (Lipinski definition) is 1. The maximum atomic E-state index is 12.5. The Hall–Kier alpha value is -2.86. The first-order valence-electron chi connectivity index (χ1n) is 8.49. The van der Waals surface area contributed by atoms with Gasteiger partial charge < -0.3 is 10.1 Å². The molecule has 0 unspecified atom stereocenters. The molecule has 6 heteroatoms. The van der Waals surface area contributed by atoms with Gasteiger partial charge in [-0.3, -0.25) is 9.78 Å². The summed E-state index contributed by atoms with van der Waals surface area (Å²) >= 11 is 1.64. The molecule has 0 aliphatic carbocycles. The number of thioether (sulfide) groups is 1. The minimum atomic E-state index is -0.108. The quantitative estimate of drug-likeness (QED) is 0.653. The summed E-state index contributed by atoms with van der Waals surface area (Å²) in [5.41, 5.74) is 4.59. The standard InChI is InChI=1S/C21H21N3O2S/c1-14-4-5-17(11-19(14)27-3)21(25)24-13-18-10-15(6-8-22-18)16-7-9-23-20(12-16)26-2/h4-12H,13H2,1-3H3,(H,24,25). The van der Waals surface area contributed by atoms with Crippen molar-refractivity contribution in [1.82, 2.24) is 15.3 Å². The first-order valence-corrected chi connectivity index (χ1v) is 9.71. The number of methoxy groups -OCH3 is 1. The van der Waals surface area contributed by atoms with E-state index in [4.69, 9.17) is 4.74 Å². The van der Waals surface area contributed by atoms with Crippen LogP contribution >= 0.6 is 11.8 Å². The number of carbonyl (C=O) groups is 1. The molecule has 2 heterocycles. The van der Waals surface area contributed by atoms with Crippen molar-refractivity contribution >= 4 is 17.7 Å². The Morgan fingerprint density at radius 2 is 1.81 bits per heavy atom. The van der Waals surface area contributed by atoms with E-state index >= 15 is 0 Å². The normalized spacial score (nSPS) is 10.5. The lowest BCUT2D eigenvalue weighted by atomic mass is 10.1. The smallest absolute Gasteiger partial charge is 0.251 e. The minimum Gasteiger partial charge on any atom is -0.481 e. The van der Waals surface area contributed by atoms with Crippen molar-refractivity contribution in [1.29, 1.82) is 0 Å². The zero-order valence-electron chi connectivity index (χ0n) is 15.5. The second-order valence-electron chi connectivity index (χ2n) is 5.99. The molecule has 1 amide bonds. The van der Waals surface area contributed by atoms with Crippen molar-refractivity contribution < 1.29 is 9.53 Å². The van der Waals surface area contributed by atoms with E-state index in [9.17, 15) is 4.79 Å². The number of ether oxygens (including phenoxy) is 1. The monoisotopic (exact) mass is 379 g/mol. The lowest BCUT2D eigenvalue weighted by Gasteiger charge is -2.09.